The first-order chi connectivity index (χ1) is 63.4. The van der Waals surface area contributed by atoms with Crippen LogP contribution >= 0.6 is 76.1 Å². The number of rotatable bonds is 51. The van der Waals surface area contributed by atoms with E-state index >= 15 is 38.4 Å². The van der Waals surface area contributed by atoms with Gasteiger partial charge in [-0.25, -0.2) is 0 Å². The summed E-state index contributed by atoms with van der Waals surface area (Å²) in [6.45, 7) is 26.8. The number of para-hydroxylation sites is 6. The van der Waals surface area contributed by atoms with Crippen molar-refractivity contribution in [2.45, 2.75) is 98.9 Å². The molecule has 0 saturated carbocycles. The Bertz CT molecular complexity index is 5970. The highest BCUT2D eigenvalue weighted by atomic mass is 32.2. The lowest BCUT2D eigenvalue weighted by Crippen LogP contribution is -2.62. The summed E-state index contributed by atoms with van der Waals surface area (Å²) in [5.74, 6) is -3.87. The molecular formula is C98H131N17O10P4S4+4. The van der Waals surface area contributed by atoms with Gasteiger partial charge in [-0.05, 0) is 69.8 Å². The highest BCUT2D eigenvalue weighted by Gasteiger charge is 2.39. The van der Waals surface area contributed by atoms with Gasteiger partial charge in [0.2, 0.25) is 59.1 Å². The Morgan fingerprint density at radius 3 is 0.639 bits per heavy atom. The third-order valence-corrected chi connectivity index (χ3v) is 35.2. The van der Waals surface area contributed by atoms with Crippen LogP contribution in [0.3, 0.4) is 0 Å². The Labute approximate surface area is 797 Å². The van der Waals surface area contributed by atoms with Crippen molar-refractivity contribution in [3.63, 3.8) is 0 Å². The first-order valence-corrected chi connectivity index (χ1v) is 62.9. The number of nitrogens with one attached hydrogen (secondary N) is 15. The Morgan fingerprint density at radius 1 is 0.256 bits per heavy atom. The van der Waals surface area contributed by atoms with E-state index in [1.54, 1.807) is 48.9 Å². The largest absolute Gasteiger partial charge is 0.368 e. The fourth-order valence-electron chi connectivity index (χ4n) is 15.6. The molecule has 0 fully saturated rings. The second-order valence-corrected chi connectivity index (χ2v) is 63.0. The second kappa shape index (κ2) is 47.2. The number of carbonyl (C=O) groups excluding carboxylic acids is 10. The average molecular weight is 1960 g/mol. The minimum absolute atomic E-state index is 0.00556. The van der Waals surface area contributed by atoms with Crippen LogP contribution in [0.5, 0.6) is 0 Å². The van der Waals surface area contributed by atoms with Gasteiger partial charge in [-0.15, -0.1) is 0 Å². The molecule has 0 spiro atoms. The van der Waals surface area contributed by atoms with Crippen molar-refractivity contribution in [3.8, 4) is 0 Å². The fraction of sp³-hybridized carbons (Fsp3) is 0.408. The van der Waals surface area contributed by atoms with Crippen molar-refractivity contribution in [1.29, 1.82) is 0 Å². The Kier molecular flexibility index (Phi) is 36.3. The number of fused-ring (bicyclic) bond motifs is 6. The highest BCUT2D eigenvalue weighted by molar-refractivity contribution is 8.00. The molecule has 27 nitrogen and oxygen atoms in total. The van der Waals surface area contributed by atoms with Gasteiger partial charge in [0.1, 0.15) is 54.4 Å². The lowest BCUT2D eigenvalue weighted by molar-refractivity contribution is -0.135. The Morgan fingerprint density at radius 2 is 0.429 bits per heavy atom. The lowest BCUT2D eigenvalue weighted by atomic mass is 10.0. The first-order valence-electron chi connectivity index (χ1n) is 45.0. The molecule has 10 amide bonds. The van der Waals surface area contributed by atoms with E-state index in [4.69, 9.17) is 11.5 Å². The lowest BCUT2D eigenvalue weighted by Gasteiger charge is -2.28. The zero-order chi connectivity index (χ0) is 95.3. The quantitative estimate of drug-likeness (QED) is 0.0124. The van der Waals surface area contributed by atoms with E-state index in [2.05, 4.69) is 158 Å². The molecule has 12 aromatic rings. The molecule has 0 saturated heterocycles. The van der Waals surface area contributed by atoms with Gasteiger partial charge in [-0.2, -0.15) is 47.0 Å². The SMILES string of the molecule is C[P+](C)(C)CCSC[C@H](NC(=O)[C@H](Cc1c[nH]c2ccccc12)NC(=O)[C@H](Cc1c[nH]c2ccccc12)NC(=O)[C@H](CSCC[P+](C)(C)C)NC(=O)[C@H](Cc1c[nH]c2ccccc12)NC(=O)[C@H](Cc1c[nH]c2ccccc12)NC(=O)[C@H](CSCC[P+](C)(C)C)NC(=O)[C@H](Cc1c[nH]c2ccccc12)NC(=O)[C@H](Cc1c[nH]c2ccccc12)NC(=O)[C@@H](N)CSCC[P+](C)(C)C)C(N)=O. The van der Waals surface area contributed by atoms with Gasteiger partial charge < -0.3 is 89.2 Å². The minimum Gasteiger partial charge on any atom is -0.368 e. The molecule has 0 aliphatic carbocycles. The summed E-state index contributed by atoms with van der Waals surface area (Å²) >= 11 is 6.00. The molecular weight excluding hydrogens is 1830 g/mol. The number of benzene rings is 6. The summed E-state index contributed by atoms with van der Waals surface area (Å²) in [6, 6.07) is 32.2. The van der Waals surface area contributed by atoms with Gasteiger partial charge in [-0.3, -0.25) is 47.9 Å². The average Bonchev–Trinajstić information content (AvgIpc) is 1.72. The van der Waals surface area contributed by atoms with Crippen LogP contribution in [-0.4, -0.2) is 300 Å². The topological polar surface area (TPSA) is 426 Å². The number of hydrogen-bond acceptors (Lipinski definition) is 15. The zero-order valence-electron chi connectivity index (χ0n) is 78.0. The van der Waals surface area contributed by atoms with E-state index in [-0.39, 0.29) is 55.8 Å². The molecule has 10 atom stereocenters. The smallest absolute Gasteiger partial charge is 0.244 e. The number of aromatic amines is 6. The van der Waals surface area contributed by atoms with Gasteiger partial charge in [0, 0.05) is 296 Å². The second-order valence-electron chi connectivity index (χ2n) is 38.3. The maximum Gasteiger partial charge on any atom is 0.244 e. The number of aromatic nitrogens is 6. The summed E-state index contributed by atoms with van der Waals surface area (Å²) in [4.78, 5) is 174. The van der Waals surface area contributed by atoms with E-state index in [0.29, 0.717) is 45.1 Å². The minimum atomic E-state index is -1.48. The van der Waals surface area contributed by atoms with Crippen LogP contribution in [0, 0.1) is 0 Å². The molecule has 6 aromatic heterocycles. The molecule has 19 N–H and O–H groups in total. The standard InChI is InChI=1S/C98H127N17O10P4S4/c1-126(2,3)37-41-130-57-73(99)90(117)107-80(45-61-51-101-74-31-19-13-25-67(61)74)91(118)109-84(49-65-55-105-78-35-23-17-29-71(65)78)95(122)114-87(59-132-43-39-128(7,8)9)98(125)112-82(47-63-53-103-76-33-21-15-27-69(63)76)93(120)110-85(50-66-56-106-79-36-24-18-30-72(66)79)96(123)115-88(60-133-44-40-129(10,11)12)97(124)111-81(46-62-52-102-75-32-20-14-26-68(62)75)92(119)108-83(48-64-54-104-77-34-22-16-28-70(64)77)94(121)113-86(89(100)116)58-131-42-38-127(4,5)6/h13-36,51-56,73,80-88,101-106H,37-50,57-60,99H2,1-12H3,(H7-4,100,107,108,109,110,111,112,113,114,115,116,117,118,119,120,121,122,123,124,125)/p+4/t73-,80-,81-,82-,83-,84-,85-,86-,87-,88-/m0/s1. The number of hydrogen-bond donors (Lipinski definition) is 17. The van der Waals surface area contributed by atoms with Gasteiger partial charge in [0.25, 0.3) is 0 Å². The highest BCUT2D eigenvalue weighted by Crippen LogP contribution is 2.49. The molecule has 12 rings (SSSR count). The number of primary amides is 1. The van der Waals surface area contributed by atoms with Gasteiger partial charge in [0.15, 0.2) is 0 Å². The normalized spacial score (nSPS) is 14.4. The van der Waals surface area contributed by atoms with Crippen molar-refractivity contribution in [1.82, 2.24) is 77.8 Å². The van der Waals surface area contributed by atoms with Crippen LogP contribution < -0.4 is 59.3 Å². The first kappa shape index (κ1) is 102. The van der Waals surface area contributed by atoms with Crippen LogP contribution in [0.15, 0.2) is 183 Å². The number of carbonyl (C=O) groups is 10. The van der Waals surface area contributed by atoms with Crippen molar-refractivity contribution >= 4 is 201 Å². The maximum atomic E-state index is 16.2. The number of H-pyrrole nitrogens is 6. The fourth-order valence-corrected chi connectivity index (χ4v) is 29.0. The van der Waals surface area contributed by atoms with E-state index in [1.165, 1.54) is 35.3 Å². The van der Waals surface area contributed by atoms with Crippen LogP contribution in [-0.2, 0) is 86.5 Å². The van der Waals surface area contributed by atoms with Crippen LogP contribution in [0.1, 0.15) is 33.4 Å². The van der Waals surface area contributed by atoms with Crippen LogP contribution in [0.4, 0.5) is 0 Å². The molecule has 0 radical (unpaired) electrons. The maximum absolute atomic E-state index is 16.2. The van der Waals surface area contributed by atoms with Crippen LogP contribution in [0.2, 0.25) is 0 Å². The Hall–Kier alpha value is -9.66. The molecule has 35 heteroatoms. The molecule has 0 aliphatic rings. The summed E-state index contributed by atoms with van der Waals surface area (Å²) in [5, 5.41) is 32.0. The summed E-state index contributed by atoms with van der Waals surface area (Å²) in [6.07, 6.45) is 13.8. The molecule has 0 aliphatic heterocycles. The number of nitrogens with two attached hydrogens (primary N) is 2. The zero-order valence-corrected chi connectivity index (χ0v) is 84.8. The molecule has 0 bridgehead atoms. The summed E-state index contributed by atoms with van der Waals surface area (Å²) in [7, 11) is -5.04. The van der Waals surface area contributed by atoms with Crippen molar-refractivity contribution in [2.75, 3.05) is 151 Å². The summed E-state index contributed by atoms with van der Waals surface area (Å²) in [5.41, 5.74) is 21.4. The van der Waals surface area contributed by atoms with Crippen molar-refractivity contribution < 1.29 is 47.9 Å². The van der Waals surface area contributed by atoms with E-state index in [0.717, 1.165) is 107 Å². The van der Waals surface area contributed by atoms with E-state index in [9.17, 15) is 9.59 Å². The van der Waals surface area contributed by atoms with E-state index < -0.39 is 149 Å². The summed E-state index contributed by atoms with van der Waals surface area (Å²) < 4.78 is 0. The van der Waals surface area contributed by atoms with E-state index in [1.807, 2.05) is 146 Å². The van der Waals surface area contributed by atoms with Crippen molar-refractivity contribution in [3.05, 3.63) is 216 Å². The number of thioether (sulfide) groups is 4. The van der Waals surface area contributed by atoms with Crippen LogP contribution in [0.25, 0.3) is 65.4 Å². The molecule has 6 aromatic carbocycles. The van der Waals surface area contributed by atoms with Gasteiger partial charge in [-0.1, -0.05) is 109 Å². The monoisotopic (exact) mass is 1960 g/mol. The van der Waals surface area contributed by atoms with Gasteiger partial charge in [0.05, 0.1) is 30.7 Å². The predicted molar refractivity (Wildman–Crippen MR) is 564 cm³/mol. The van der Waals surface area contributed by atoms with Gasteiger partial charge >= 0.3 is 0 Å². The third-order valence-electron chi connectivity index (χ3n) is 23.4. The van der Waals surface area contributed by atoms with Crippen molar-refractivity contribution in [2.24, 2.45) is 11.5 Å². The Balaban J connectivity index is 0.869. The number of amides is 10. The molecule has 6 heterocycles. The molecule has 133 heavy (non-hydrogen) atoms. The third kappa shape index (κ3) is 30.2. The molecule has 708 valence electrons. The predicted octanol–water partition coefficient (Wildman–Crippen LogP) is 11.1. The molecule has 0 unspecified atom stereocenters.